The summed E-state index contributed by atoms with van der Waals surface area (Å²) in [5.41, 5.74) is 0.802. The zero-order valence-electron chi connectivity index (χ0n) is 14.9. The Morgan fingerprint density at radius 2 is 1.67 bits per heavy atom. The molecule has 0 saturated carbocycles. The first kappa shape index (κ1) is 19.8. The summed E-state index contributed by atoms with van der Waals surface area (Å²) in [5.74, 6) is 0. The summed E-state index contributed by atoms with van der Waals surface area (Å²) < 4.78 is 27.0. The summed E-state index contributed by atoms with van der Waals surface area (Å²) in [6.45, 7) is 2.57. The van der Waals surface area contributed by atoms with E-state index < -0.39 is 14.9 Å². The zero-order valence-corrected chi connectivity index (χ0v) is 16.6. The fourth-order valence-corrected chi connectivity index (χ4v) is 5.07. The average Bonchev–Trinajstić information content (AvgIpc) is 2.69. The second-order valence-electron chi connectivity index (χ2n) is 6.25. The second-order valence-corrected chi connectivity index (χ2v) is 9.04. The molecule has 1 saturated heterocycles. The van der Waals surface area contributed by atoms with Crippen LogP contribution in [0.3, 0.4) is 0 Å². The summed E-state index contributed by atoms with van der Waals surface area (Å²) >= 11 is 1.69. The number of nitro benzene ring substituents is 1. The maximum absolute atomic E-state index is 12.8. The Morgan fingerprint density at radius 1 is 1.04 bits per heavy atom. The minimum absolute atomic E-state index is 0.240. The van der Waals surface area contributed by atoms with Crippen molar-refractivity contribution >= 4 is 27.5 Å². The third kappa shape index (κ3) is 4.49. The number of nitrogens with zero attached hydrogens (tertiary/aromatic N) is 3. The van der Waals surface area contributed by atoms with Crippen LogP contribution in [0.2, 0.25) is 0 Å². The number of nitro groups is 1. The molecule has 0 unspecified atom stereocenters. The summed E-state index contributed by atoms with van der Waals surface area (Å²) in [5, 5.41) is 11.2. The SMILES string of the molecule is CSc1ccc(CN2CCN(S(=O)(=O)c3ccccc3[N+](=O)[O-])CC2)cc1. The van der Waals surface area contributed by atoms with E-state index >= 15 is 0 Å². The molecule has 7 nitrogen and oxygen atoms in total. The van der Waals surface area contributed by atoms with Crippen molar-refractivity contribution in [3.05, 3.63) is 64.2 Å². The second kappa shape index (κ2) is 8.39. The van der Waals surface area contributed by atoms with Gasteiger partial charge in [-0.15, -0.1) is 11.8 Å². The van der Waals surface area contributed by atoms with Crippen LogP contribution in [-0.4, -0.2) is 55.0 Å². The minimum atomic E-state index is -3.88. The standard InChI is InChI=1S/C18H21N3O4S2/c1-26-16-8-6-15(7-9-16)14-19-10-12-20(13-11-19)27(24,25)18-5-3-2-4-17(18)21(22)23/h2-9H,10-14H2,1H3. The number of hydrogen-bond acceptors (Lipinski definition) is 6. The molecule has 1 fully saturated rings. The fourth-order valence-electron chi connectivity index (χ4n) is 3.08. The summed E-state index contributed by atoms with van der Waals surface area (Å²) in [4.78, 5) is 13.7. The normalized spacial score (nSPS) is 16.3. The molecule has 0 N–H and O–H groups in total. The molecule has 1 heterocycles. The van der Waals surface area contributed by atoms with Crippen LogP contribution in [0, 0.1) is 10.1 Å². The monoisotopic (exact) mass is 407 g/mol. The number of hydrogen-bond donors (Lipinski definition) is 0. The topological polar surface area (TPSA) is 83.8 Å². The Bertz CT molecular complexity index is 908. The van der Waals surface area contributed by atoms with E-state index in [4.69, 9.17) is 0 Å². The Morgan fingerprint density at radius 3 is 2.26 bits per heavy atom. The average molecular weight is 408 g/mol. The molecule has 27 heavy (non-hydrogen) atoms. The van der Waals surface area contributed by atoms with Gasteiger partial charge in [0.15, 0.2) is 4.90 Å². The number of sulfonamides is 1. The van der Waals surface area contributed by atoms with Gasteiger partial charge in [0.25, 0.3) is 5.69 Å². The Balaban J connectivity index is 1.67. The highest BCUT2D eigenvalue weighted by atomic mass is 32.2. The van der Waals surface area contributed by atoms with Gasteiger partial charge in [0, 0.05) is 43.7 Å². The predicted molar refractivity (Wildman–Crippen MR) is 105 cm³/mol. The molecule has 0 bridgehead atoms. The number of thioether (sulfide) groups is 1. The summed E-state index contributed by atoms with van der Waals surface area (Å²) in [7, 11) is -3.88. The maximum atomic E-state index is 12.8. The van der Waals surface area contributed by atoms with E-state index in [1.54, 1.807) is 11.8 Å². The molecule has 1 aliphatic heterocycles. The molecular weight excluding hydrogens is 386 g/mol. The van der Waals surface area contributed by atoms with Crippen molar-refractivity contribution in [2.24, 2.45) is 0 Å². The smallest absolute Gasteiger partial charge is 0.289 e. The number of benzene rings is 2. The van der Waals surface area contributed by atoms with E-state index in [0.717, 1.165) is 6.54 Å². The molecule has 1 aliphatic rings. The first-order valence-corrected chi connectivity index (χ1v) is 11.2. The van der Waals surface area contributed by atoms with Gasteiger partial charge in [0.1, 0.15) is 0 Å². The molecule has 0 aromatic heterocycles. The summed E-state index contributed by atoms with van der Waals surface area (Å²) in [6, 6.07) is 13.8. The molecule has 3 rings (SSSR count). The van der Waals surface area contributed by atoms with Gasteiger partial charge in [0.05, 0.1) is 4.92 Å². The Kier molecular flexibility index (Phi) is 6.15. The van der Waals surface area contributed by atoms with Crippen LogP contribution in [0.4, 0.5) is 5.69 Å². The van der Waals surface area contributed by atoms with Gasteiger partial charge >= 0.3 is 0 Å². The Labute approximate surface area is 163 Å². The van der Waals surface area contributed by atoms with Crippen molar-refractivity contribution in [2.75, 3.05) is 32.4 Å². The van der Waals surface area contributed by atoms with Crippen LogP contribution < -0.4 is 0 Å². The van der Waals surface area contributed by atoms with Gasteiger partial charge in [-0.05, 0) is 30.0 Å². The molecule has 0 atom stereocenters. The molecule has 9 heteroatoms. The van der Waals surface area contributed by atoms with Crippen molar-refractivity contribution in [1.82, 2.24) is 9.21 Å². The van der Waals surface area contributed by atoms with Crippen LogP contribution in [0.5, 0.6) is 0 Å². The molecule has 0 aliphatic carbocycles. The van der Waals surface area contributed by atoms with Crippen molar-refractivity contribution in [3.63, 3.8) is 0 Å². The van der Waals surface area contributed by atoms with E-state index in [2.05, 4.69) is 29.2 Å². The third-order valence-corrected chi connectivity index (χ3v) is 7.27. The van der Waals surface area contributed by atoms with Crippen LogP contribution >= 0.6 is 11.8 Å². The van der Waals surface area contributed by atoms with E-state index in [1.807, 2.05) is 6.26 Å². The van der Waals surface area contributed by atoms with E-state index in [0.29, 0.717) is 26.2 Å². The first-order valence-electron chi connectivity index (χ1n) is 8.50. The van der Waals surface area contributed by atoms with Gasteiger partial charge in [-0.3, -0.25) is 15.0 Å². The quantitative estimate of drug-likeness (QED) is 0.416. The molecule has 2 aromatic carbocycles. The van der Waals surface area contributed by atoms with E-state index in [-0.39, 0.29) is 10.6 Å². The van der Waals surface area contributed by atoms with Crippen LogP contribution in [0.25, 0.3) is 0 Å². The number of rotatable bonds is 6. The minimum Gasteiger partial charge on any atom is -0.296 e. The molecular formula is C18H21N3O4S2. The Hall–Kier alpha value is -1.94. The van der Waals surface area contributed by atoms with E-state index in [1.165, 1.54) is 39.0 Å². The van der Waals surface area contributed by atoms with Crippen LogP contribution in [-0.2, 0) is 16.6 Å². The molecule has 0 amide bonds. The lowest BCUT2D eigenvalue weighted by atomic mass is 10.2. The highest BCUT2D eigenvalue weighted by molar-refractivity contribution is 7.98. The largest absolute Gasteiger partial charge is 0.296 e. The van der Waals surface area contributed by atoms with Gasteiger partial charge in [0.2, 0.25) is 10.0 Å². The van der Waals surface area contributed by atoms with Crippen LogP contribution in [0.1, 0.15) is 5.56 Å². The molecule has 144 valence electrons. The van der Waals surface area contributed by atoms with Gasteiger partial charge in [-0.25, -0.2) is 8.42 Å². The number of piperazine rings is 1. The lowest BCUT2D eigenvalue weighted by Gasteiger charge is -2.33. The zero-order chi connectivity index (χ0) is 19.4. The van der Waals surface area contributed by atoms with Crippen molar-refractivity contribution in [3.8, 4) is 0 Å². The highest BCUT2D eigenvalue weighted by Crippen LogP contribution is 2.27. The lowest BCUT2D eigenvalue weighted by Crippen LogP contribution is -2.48. The van der Waals surface area contributed by atoms with Crippen LogP contribution in [0.15, 0.2) is 58.3 Å². The third-order valence-electron chi connectivity index (χ3n) is 4.58. The highest BCUT2D eigenvalue weighted by Gasteiger charge is 2.33. The maximum Gasteiger partial charge on any atom is 0.289 e. The van der Waals surface area contributed by atoms with E-state index in [9.17, 15) is 18.5 Å². The lowest BCUT2D eigenvalue weighted by molar-refractivity contribution is -0.387. The van der Waals surface area contributed by atoms with Crippen molar-refractivity contribution < 1.29 is 13.3 Å². The first-order chi connectivity index (χ1) is 12.9. The predicted octanol–water partition coefficient (Wildman–Crippen LogP) is 2.82. The van der Waals surface area contributed by atoms with Crippen molar-refractivity contribution in [1.29, 1.82) is 0 Å². The molecule has 2 aromatic rings. The van der Waals surface area contributed by atoms with Gasteiger partial charge < -0.3 is 0 Å². The summed E-state index contributed by atoms with van der Waals surface area (Å²) in [6.07, 6.45) is 2.03. The number of para-hydroxylation sites is 1. The fraction of sp³-hybridized carbons (Fsp3) is 0.333. The van der Waals surface area contributed by atoms with Gasteiger partial charge in [-0.1, -0.05) is 24.3 Å². The van der Waals surface area contributed by atoms with Crippen molar-refractivity contribution in [2.45, 2.75) is 16.3 Å². The van der Waals surface area contributed by atoms with Gasteiger partial charge in [-0.2, -0.15) is 4.31 Å². The molecule has 0 radical (unpaired) electrons. The molecule has 0 spiro atoms.